The molecule has 1 N–H and O–H groups in total. The molecule has 0 aromatic heterocycles. The van der Waals surface area contributed by atoms with E-state index >= 15 is 0 Å². The molecule has 2 rings (SSSR count). The lowest BCUT2D eigenvalue weighted by molar-refractivity contribution is 0.295. The first-order chi connectivity index (χ1) is 10.4. The van der Waals surface area contributed by atoms with E-state index in [1.165, 1.54) is 30.3 Å². The molecule has 0 heterocycles. The second kappa shape index (κ2) is 6.91. The number of aromatic hydroxyl groups is 1. The highest BCUT2D eigenvalue weighted by Crippen LogP contribution is 2.37. The van der Waals surface area contributed by atoms with Crippen molar-refractivity contribution in [1.82, 2.24) is 0 Å². The SMILES string of the molecule is N#[N+]c1ccc2c(S(=O)(=O)OC(Br)CCBr)cccc2c1O. The molecule has 0 aliphatic rings. The number of fused-ring (bicyclic) bond motifs is 1. The standard InChI is InChI=1S/C13H10Br2N2O4S/c14-7-6-12(15)21-22(19,20)11-3-1-2-9-8(11)4-5-10(17-16)13(9)18/h1-5,12H,6-7H2/p+1. The van der Waals surface area contributed by atoms with Crippen LogP contribution in [-0.4, -0.2) is 23.9 Å². The number of phenols is 1. The molecule has 2 aromatic carbocycles. The molecule has 0 radical (unpaired) electrons. The number of benzene rings is 2. The first kappa shape index (κ1) is 17.1. The van der Waals surface area contributed by atoms with Gasteiger partial charge in [-0.1, -0.05) is 44.0 Å². The van der Waals surface area contributed by atoms with Crippen LogP contribution in [0.15, 0.2) is 35.2 Å². The van der Waals surface area contributed by atoms with Gasteiger partial charge in [-0.2, -0.15) is 8.42 Å². The highest BCUT2D eigenvalue weighted by molar-refractivity contribution is 9.10. The average Bonchev–Trinajstić information content (AvgIpc) is 2.47. The average molecular weight is 451 g/mol. The molecule has 1 atom stereocenters. The second-order valence-electron chi connectivity index (χ2n) is 4.32. The van der Waals surface area contributed by atoms with Gasteiger partial charge in [0.05, 0.1) is 0 Å². The van der Waals surface area contributed by atoms with Gasteiger partial charge in [0.15, 0.2) is 4.98 Å². The number of hydrogen-bond acceptors (Lipinski definition) is 5. The number of phenolic OH excluding ortho intramolecular Hbond substituents is 1. The van der Waals surface area contributed by atoms with Crippen molar-refractivity contribution in [3.63, 3.8) is 0 Å². The van der Waals surface area contributed by atoms with Crippen molar-refractivity contribution >= 4 is 58.4 Å². The first-order valence-electron chi connectivity index (χ1n) is 6.14. The Hall–Kier alpha value is -1.21. The van der Waals surface area contributed by atoms with Crippen LogP contribution >= 0.6 is 31.9 Å². The van der Waals surface area contributed by atoms with Gasteiger partial charge in [-0.25, -0.2) is 0 Å². The largest absolute Gasteiger partial charge is 0.501 e. The van der Waals surface area contributed by atoms with E-state index in [-0.39, 0.29) is 27.1 Å². The minimum atomic E-state index is -4.02. The predicted molar refractivity (Wildman–Crippen MR) is 89.8 cm³/mol. The Morgan fingerprint density at radius 1 is 1.27 bits per heavy atom. The van der Waals surface area contributed by atoms with Gasteiger partial charge < -0.3 is 5.11 Å². The van der Waals surface area contributed by atoms with Crippen molar-refractivity contribution in [3.05, 3.63) is 35.3 Å². The van der Waals surface area contributed by atoms with Gasteiger partial charge in [0.2, 0.25) is 11.1 Å². The lowest BCUT2D eigenvalue weighted by Crippen LogP contribution is -2.14. The summed E-state index contributed by atoms with van der Waals surface area (Å²) in [5, 5.41) is 19.3. The monoisotopic (exact) mass is 449 g/mol. The summed E-state index contributed by atoms with van der Waals surface area (Å²) in [6, 6.07) is 7.17. The smallest absolute Gasteiger partial charge is 0.426 e. The Balaban J connectivity index is 2.57. The summed E-state index contributed by atoms with van der Waals surface area (Å²) in [5.41, 5.74) is -0.0411. The van der Waals surface area contributed by atoms with E-state index < -0.39 is 15.1 Å². The van der Waals surface area contributed by atoms with E-state index in [4.69, 9.17) is 9.58 Å². The van der Waals surface area contributed by atoms with E-state index in [0.29, 0.717) is 11.8 Å². The molecule has 0 amide bonds. The highest BCUT2D eigenvalue weighted by Gasteiger charge is 2.25. The summed E-state index contributed by atoms with van der Waals surface area (Å²) in [4.78, 5) is 2.88. The van der Waals surface area contributed by atoms with Crippen molar-refractivity contribution in [2.24, 2.45) is 0 Å². The topological polar surface area (TPSA) is 91.8 Å². The molecule has 0 spiro atoms. The molecule has 22 heavy (non-hydrogen) atoms. The molecular formula is C13H11Br2N2O4S+. The third kappa shape index (κ3) is 3.41. The van der Waals surface area contributed by atoms with Crippen molar-refractivity contribution in [1.29, 1.82) is 5.39 Å². The molecule has 0 saturated heterocycles. The molecule has 6 nitrogen and oxygen atoms in total. The summed E-state index contributed by atoms with van der Waals surface area (Å²) < 4.78 is 29.8. The molecule has 0 bridgehead atoms. The van der Waals surface area contributed by atoms with Crippen LogP contribution in [0.5, 0.6) is 5.75 Å². The third-order valence-corrected chi connectivity index (χ3v) is 5.65. The van der Waals surface area contributed by atoms with Crippen LogP contribution < -0.4 is 0 Å². The number of hydrogen-bond donors (Lipinski definition) is 1. The van der Waals surface area contributed by atoms with E-state index in [1.54, 1.807) is 0 Å². The minimum absolute atomic E-state index is 0.0411. The fraction of sp³-hybridized carbons (Fsp3) is 0.231. The van der Waals surface area contributed by atoms with Crippen LogP contribution in [0.25, 0.3) is 15.7 Å². The van der Waals surface area contributed by atoms with Gasteiger partial charge >= 0.3 is 5.69 Å². The summed E-state index contributed by atoms with van der Waals surface area (Å²) >= 11 is 6.35. The van der Waals surface area contributed by atoms with Crippen LogP contribution in [0.3, 0.4) is 0 Å². The summed E-state index contributed by atoms with van der Waals surface area (Å²) in [6.07, 6.45) is 0.461. The third-order valence-electron chi connectivity index (χ3n) is 2.92. The summed E-state index contributed by atoms with van der Waals surface area (Å²) in [6.45, 7) is 0. The van der Waals surface area contributed by atoms with Crippen molar-refractivity contribution < 1.29 is 17.7 Å². The summed E-state index contributed by atoms with van der Waals surface area (Å²) in [5.74, 6) is -0.298. The maximum Gasteiger partial charge on any atom is 0.426 e. The molecule has 1 unspecified atom stereocenters. The maximum atomic E-state index is 12.4. The van der Waals surface area contributed by atoms with Crippen LogP contribution in [0.4, 0.5) is 5.69 Å². The van der Waals surface area contributed by atoms with E-state index in [0.717, 1.165) is 0 Å². The number of rotatable bonds is 5. The van der Waals surface area contributed by atoms with Gasteiger partial charge in [-0.3, -0.25) is 4.18 Å². The van der Waals surface area contributed by atoms with E-state index in [9.17, 15) is 13.5 Å². The van der Waals surface area contributed by atoms with Crippen LogP contribution in [-0.2, 0) is 14.3 Å². The number of diazo groups is 1. The molecular weight excluding hydrogens is 440 g/mol. The Morgan fingerprint density at radius 3 is 2.64 bits per heavy atom. The molecule has 2 aromatic rings. The van der Waals surface area contributed by atoms with E-state index in [1.807, 2.05) is 0 Å². The first-order valence-corrected chi connectivity index (χ1v) is 9.58. The Kier molecular flexibility index (Phi) is 5.39. The lowest BCUT2D eigenvalue weighted by Gasteiger charge is -2.12. The lowest BCUT2D eigenvalue weighted by atomic mass is 10.1. The van der Waals surface area contributed by atoms with Crippen molar-refractivity contribution in [3.8, 4) is 5.75 Å². The Morgan fingerprint density at radius 2 is 2.00 bits per heavy atom. The molecule has 116 valence electrons. The van der Waals surface area contributed by atoms with Crippen molar-refractivity contribution in [2.45, 2.75) is 16.3 Å². The molecule has 9 heteroatoms. The zero-order valence-corrected chi connectivity index (χ0v) is 15.1. The van der Waals surface area contributed by atoms with Crippen LogP contribution in [0, 0.1) is 5.39 Å². The Labute approximate surface area is 144 Å². The molecule has 0 aliphatic heterocycles. The molecule has 0 saturated carbocycles. The molecule has 0 fully saturated rings. The van der Waals surface area contributed by atoms with Crippen LogP contribution in [0.2, 0.25) is 0 Å². The second-order valence-corrected chi connectivity index (χ2v) is 7.68. The van der Waals surface area contributed by atoms with Gasteiger partial charge in [-0.05, 0) is 18.6 Å². The van der Waals surface area contributed by atoms with E-state index in [2.05, 4.69) is 36.8 Å². The predicted octanol–water partition coefficient (Wildman–Crippen LogP) is 4.24. The Bertz CT molecular complexity index is 849. The normalized spacial score (nSPS) is 13.0. The number of alkyl halides is 2. The van der Waals surface area contributed by atoms with Gasteiger partial charge in [0.25, 0.3) is 10.1 Å². The molecule has 0 aliphatic carbocycles. The maximum absolute atomic E-state index is 12.4. The highest BCUT2D eigenvalue weighted by atomic mass is 79.9. The fourth-order valence-corrected chi connectivity index (χ4v) is 4.95. The van der Waals surface area contributed by atoms with Crippen molar-refractivity contribution in [2.75, 3.05) is 5.33 Å². The fourth-order valence-electron chi connectivity index (χ4n) is 1.92. The van der Waals surface area contributed by atoms with Gasteiger partial charge in [0.1, 0.15) is 9.91 Å². The number of halogens is 2. The quantitative estimate of drug-likeness (QED) is 0.417. The zero-order valence-electron chi connectivity index (χ0n) is 11.1. The van der Waals surface area contributed by atoms with Gasteiger partial charge in [-0.15, -0.1) is 0 Å². The zero-order chi connectivity index (χ0) is 16.3. The van der Waals surface area contributed by atoms with Crippen LogP contribution in [0.1, 0.15) is 6.42 Å². The number of nitrogens with zero attached hydrogens (tertiary/aromatic N) is 2. The minimum Gasteiger partial charge on any atom is -0.501 e. The van der Waals surface area contributed by atoms with Gasteiger partial charge in [0, 0.05) is 22.2 Å². The summed E-state index contributed by atoms with van der Waals surface area (Å²) in [7, 11) is -4.02.